The van der Waals surface area contributed by atoms with Crippen LogP contribution in [0, 0.1) is 11.8 Å². The van der Waals surface area contributed by atoms with Gasteiger partial charge < -0.3 is 9.84 Å². The van der Waals surface area contributed by atoms with Gasteiger partial charge >= 0.3 is 11.9 Å². The van der Waals surface area contributed by atoms with Gasteiger partial charge in [0.25, 0.3) is 0 Å². The Morgan fingerprint density at radius 1 is 1.28 bits per heavy atom. The van der Waals surface area contributed by atoms with Crippen molar-refractivity contribution in [1.82, 2.24) is 0 Å². The highest BCUT2D eigenvalue weighted by molar-refractivity contribution is 5.93. The standard InChI is InChI=1S/C14H24O4/c1-2-18-14(17)12(13(15)16)10-6-9-11-7-4-3-5-8-11/h11-12H,2-10H2,1H3,(H,15,16). The summed E-state index contributed by atoms with van der Waals surface area (Å²) in [7, 11) is 0. The van der Waals surface area contributed by atoms with Crippen LogP contribution >= 0.6 is 0 Å². The van der Waals surface area contributed by atoms with Gasteiger partial charge in [-0.25, -0.2) is 0 Å². The van der Waals surface area contributed by atoms with Crippen LogP contribution < -0.4 is 0 Å². The van der Waals surface area contributed by atoms with Gasteiger partial charge in [-0.05, 0) is 19.3 Å². The number of esters is 1. The molecule has 0 aliphatic heterocycles. The average molecular weight is 256 g/mol. The molecule has 1 aliphatic rings. The fourth-order valence-electron chi connectivity index (χ4n) is 2.67. The van der Waals surface area contributed by atoms with Crippen LogP contribution in [-0.4, -0.2) is 23.7 Å². The van der Waals surface area contributed by atoms with Crippen molar-refractivity contribution < 1.29 is 19.4 Å². The minimum atomic E-state index is -1.06. The summed E-state index contributed by atoms with van der Waals surface area (Å²) in [6.45, 7) is 1.93. The lowest BCUT2D eigenvalue weighted by Gasteiger charge is -2.21. The zero-order valence-electron chi connectivity index (χ0n) is 11.2. The predicted molar refractivity (Wildman–Crippen MR) is 68.2 cm³/mol. The number of carboxylic acids is 1. The monoisotopic (exact) mass is 256 g/mol. The number of ether oxygens (including phenoxy) is 1. The Kier molecular flexibility index (Phi) is 6.76. The molecule has 0 aromatic carbocycles. The van der Waals surface area contributed by atoms with Gasteiger partial charge in [-0.15, -0.1) is 0 Å². The first-order valence-corrected chi connectivity index (χ1v) is 7.04. The maximum absolute atomic E-state index is 11.5. The maximum Gasteiger partial charge on any atom is 0.320 e. The van der Waals surface area contributed by atoms with Gasteiger partial charge in [-0.1, -0.05) is 44.9 Å². The molecule has 1 aliphatic carbocycles. The molecule has 0 heterocycles. The maximum atomic E-state index is 11.5. The Morgan fingerprint density at radius 2 is 1.94 bits per heavy atom. The largest absolute Gasteiger partial charge is 0.481 e. The van der Waals surface area contributed by atoms with Crippen LogP contribution in [0.1, 0.15) is 58.3 Å². The summed E-state index contributed by atoms with van der Waals surface area (Å²) in [5.74, 6) is -1.89. The average Bonchev–Trinajstić information content (AvgIpc) is 2.35. The van der Waals surface area contributed by atoms with E-state index in [2.05, 4.69) is 0 Å². The molecule has 1 N–H and O–H groups in total. The van der Waals surface area contributed by atoms with Crippen molar-refractivity contribution in [3.63, 3.8) is 0 Å². The number of aliphatic carboxylic acids is 1. The second-order valence-corrected chi connectivity index (χ2v) is 5.08. The minimum absolute atomic E-state index is 0.241. The molecule has 4 nitrogen and oxygen atoms in total. The third-order valence-electron chi connectivity index (χ3n) is 3.70. The van der Waals surface area contributed by atoms with E-state index in [4.69, 9.17) is 9.84 Å². The van der Waals surface area contributed by atoms with Crippen molar-refractivity contribution in [3.8, 4) is 0 Å². The van der Waals surface area contributed by atoms with E-state index in [1.165, 1.54) is 32.1 Å². The van der Waals surface area contributed by atoms with Gasteiger partial charge in [0.1, 0.15) is 0 Å². The molecule has 0 aromatic heterocycles. The first-order valence-electron chi connectivity index (χ1n) is 7.04. The van der Waals surface area contributed by atoms with Gasteiger partial charge in [0.05, 0.1) is 6.61 Å². The fraction of sp³-hybridized carbons (Fsp3) is 0.857. The third-order valence-corrected chi connectivity index (χ3v) is 3.70. The van der Waals surface area contributed by atoms with Crippen molar-refractivity contribution in [1.29, 1.82) is 0 Å². The first-order chi connectivity index (χ1) is 8.65. The molecule has 1 rings (SSSR count). The van der Waals surface area contributed by atoms with Crippen LogP contribution in [0.5, 0.6) is 0 Å². The molecule has 104 valence electrons. The molecule has 1 unspecified atom stereocenters. The Balaban J connectivity index is 2.28. The quantitative estimate of drug-likeness (QED) is 0.562. The van der Waals surface area contributed by atoms with Gasteiger partial charge in [0.15, 0.2) is 5.92 Å². The van der Waals surface area contributed by atoms with Gasteiger partial charge in [-0.2, -0.15) is 0 Å². The molecular formula is C14H24O4. The second kappa shape index (κ2) is 8.11. The summed E-state index contributed by atoms with van der Waals surface area (Å²) < 4.78 is 4.79. The molecule has 0 aromatic rings. The molecule has 4 heteroatoms. The lowest BCUT2D eigenvalue weighted by atomic mass is 9.85. The summed E-state index contributed by atoms with van der Waals surface area (Å²) in [5.41, 5.74) is 0. The third kappa shape index (κ3) is 5.07. The van der Waals surface area contributed by atoms with Crippen molar-refractivity contribution in [2.75, 3.05) is 6.61 Å². The first kappa shape index (κ1) is 15.0. The second-order valence-electron chi connectivity index (χ2n) is 5.08. The summed E-state index contributed by atoms with van der Waals surface area (Å²) in [5, 5.41) is 9.01. The highest BCUT2D eigenvalue weighted by Gasteiger charge is 2.27. The van der Waals surface area contributed by atoms with Crippen molar-refractivity contribution in [3.05, 3.63) is 0 Å². The van der Waals surface area contributed by atoms with E-state index in [0.717, 1.165) is 18.8 Å². The zero-order chi connectivity index (χ0) is 13.4. The molecule has 0 bridgehead atoms. The highest BCUT2D eigenvalue weighted by Crippen LogP contribution is 2.28. The Labute approximate surface area is 109 Å². The summed E-state index contributed by atoms with van der Waals surface area (Å²) in [6.07, 6.45) is 8.70. The van der Waals surface area contributed by atoms with E-state index >= 15 is 0 Å². The van der Waals surface area contributed by atoms with Gasteiger partial charge in [0.2, 0.25) is 0 Å². The number of rotatable bonds is 7. The van der Waals surface area contributed by atoms with Gasteiger partial charge in [0, 0.05) is 0 Å². The van der Waals surface area contributed by atoms with Gasteiger partial charge in [-0.3, -0.25) is 9.59 Å². The summed E-state index contributed by atoms with van der Waals surface area (Å²) in [4.78, 5) is 22.5. The normalized spacial score (nSPS) is 18.3. The summed E-state index contributed by atoms with van der Waals surface area (Å²) in [6, 6.07) is 0. The Morgan fingerprint density at radius 3 is 2.50 bits per heavy atom. The van der Waals surface area contributed by atoms with Crippen LogP contribution in [0.2, 0.25) is 0 Å². The van der Waals surface area contributed by atoms with E-state index in [0.29, 0.717) is 6.42 Å². The summed E-state index contributed by atoms with van der Waals surface area (Å²) >= 11 is 0. The topological polar surface area (TPSA) is 63.6 Å². The number of carboxylic acid groups (broad SMARTS) is 1. The molecule has 18 heavy (non-hydrogen) atoms. The van der Waals surface area contributed by atoms with E-state index in [1.807, 2.05) is 0 Å². The molecule has 1 atom stereocenters. The Hall–Kier alpha value is -1.06. The van der Waals surface area contributed by atoms with Crippen LogP contribution in [0.3, 0.4) is 0 Å². The number of carbonyl (C=O) groups is 2. The molecular weight excluding hydrogens is 232 g/mol. The van der Waals surface area contributed by atoms with Crippen LogP contribution in [-0.2, 0) is 14.3 Å². The molecule has 0 amide bonds. The van der Waals surface area contributed by atoms with E-state index in [-0.39, 0.29) is 6.61 Å². The zero-order valence-corrected chi connectivity index (χ0v) is 11.2. The molecule has 0 spiro atoms. The van der Waals surface area contributed by atoms with Crippen LogP contribution in [0.25, 0.3) is 0 Å². The van der Waals surface area contributed by atoms with Crippen molar-refractivity contribution >= 4 is 11.9 Å². The van der Waals surface area contributed by atoms with Crippen molar-refractivity contribution in [2.24, 2.45) is 11.8 Å². The van der Waals surface area contributed by atoms with Crippen molar-refractivity contribution in [2.45, 2.75) is 58.3 Å². The molecule has 0 saturated heterocycles. The number of hydrogen-bond donors (Lipinski definition) is 1. The minimum Gasteiger partial charge on any atom is -0.481 e. The number of hydrogen-bond acceptors (Lipinski definition) is 3. The van der Waals surface area contributed by atoms with Crippen LogP contribution in [0.4, 0.5) is 0 Å². The molecule has 0 radical (unpaired) electrons. The van der Waals surface area contributed by atoms with E-state index in [9.17, 15) is 9.59 Å². The SMILES string of the molecule is CCOC(=O)C(CCCC1CCCCC1)C(=O)O. The van der Waals surface area contributed by atoms with E-state index < -0.39 is 17.9 Å². The predicted octanol–water partition coefficient (Wildman–Crippen LogP) is 3.00. The highest BCUT2D eigenvalue weighted by atomic mass is 16.5. The fourth-order valence-corrected chi connectivity index (χ4v) is 2.67. The van der Waals surface area contributed by atoms with E-state index in [1.54, 1.807) is 6.92 Å². The number of carbonyl (C=O) groups excluding carboxylic acids is 1. The molecule has 1 fully saturated rings. The Bertz CT molecular complexity index is 269. The smallest absolute Gasteiger partial charge is 0.320 e. The lowest BCUT2D eigenvalue weighted by molar-refractivity contribution is -0.158. The van der Waals surface area contributed by atoms with Crippen LogP contribution in [0.15, 0.2) is 0 Å². The molecule has 1 saturated carbocycles. The lowest BCUT2D eigenvalue weighted by Crippen LogP contribution is -2.26.